The number of aliphatic hydroxyl groups is 1. The summed E-state index contributed by atoms with van der Waals surface area (Å²) in [5, 5.41) is 42.0. The van der Waals surface area contributed by atoms with Crippen molar-refractivity contribution in [3.63, 3.8) is 0 Å². The Balaban J connectivity index is 5.30. The number of nitrogens with two attached hydrogens (primary N) is 1. The van der Waals surface area contributed by atoms with E-state index in [2.05, 4.69) is 5.32 Å². The van der Waals surface area contributed by atoms with E-state index in [0.29, 0.717) is 0 Å². The topological polar surface area (TPSA) is 245 Å². The smallest absolute Gasteiger partial charge is 0.326 e. The molecule has 0 aromatic rings. The molecule has 0 heterocycles. The monoisotopic (exact) mass is 448 g/mol. The quantitative estimate of drug-likeness (QED) is 0.132. The average Bonchev–Trinajstić information content (AvgIpc) is 2.62. The first kappa shape index (κ1) is 27.7. The molecule has 4 atom stereocenters. The largest absolute Gasteiger partial charge is 0.481 e. The maximum absolute atomic E-state index is 12.3. The van der Waals surface area contributed by atoms with E-state index in [1.807, 2.05) is 24.5 Å². The van der Waals surface area contributed by atoms with Gasteiger partial charge in [0.2, 0.25) is 17.7 Å². The van der Waals surface area contributed by atoms with Gasteiger partial charge in [0.25, 0.3) is 0 Å². The van der Waals surface area contributed by atoms with Crippen LogP contribution in [-0.2, 0) is 28.8 Å². The number of aliphatic hydroxyl groups excluding tert-OH is 1. The maximum Gasteiger partial charge on any atom is 0.326 e. The number of carboxylic acids is 3. The van der Waals surface area contributed by atoms with Crippen LogP contribution in [0.5, 0.6) is 0 Å². The van der Waals surface area contributed by atoms with Crippen LogP contribution in [0.15, 0.2) is 0 Å². The predicted octanol–water partition coefficient (Wildman–Crippen LogP) is -3.16. The zero-order chi connectivity index (χ0) is 24.3. The van der Waals surface area contributed by atoms with Crippen LogP contribution < -0.4 is 21.7 Å². The molecule has 3 amide bonds. The van der Waals surface area contributed by atoms with Crippen LogP contribution in [0.3, 0.4) is 0 Å². The summed E-state index contributed by atoms with van der Waals surface area (Å²) in [7, 11) is 0. The molecule has 0 fully saturated rings. The van der Waals surface area contributed by atoms with Crippen molar-refractivity contribution in [3.8, 4) is 0 Å². The molecule has 0 spiro atoms. The summed E-state index contributed by atoms with van der Waals surface area (Å²) in [4.78, 5) is 69.5. The minimum absolute atomic E-state index is 0.0683. The molecule has 0 aliphatic rings. The third-order valence-electron chi connectivity index (χ3n) is 3.88. The minimum Gasteiger partial charge on any atom is -0.481 e. The number of hydrogen-bond acceptors (Lipinski definition) is 8. The molecule has 0 rings (SSSR count). The lowest BCUT2D eigenvalue weighted by atomic mass is 10.0. The molecule has 0 aliphatic carbocycles. The molecular formula is C17H28N4O10. The average molecular weight is 448 g/mol. The van der Waals surface area contributed by atoms with E-state index in [9.17, 15) is 33.9 Å². The van der Waals surface area contributed by atoms with Crippen LogP contribution in [0.25, 0.3) is 0 Å². The Morgan fingerprint density at radius 2 is 1.16 bits per heavy atom. The van der Waals surface area contributed by atoms with Gasteiger partial charge in [0.15, 0.2) is 0 Å². The Morgan fingerprint density at radius 1 is 0.742 bits per heavy atom. The zero-order valence-electron chi connectivity index (χ0n) is 17.0. The molecule has 0 bridgehead atoms. The number of aliphatic carboxylic acids is 3. The second-order valence-corrected chi connectivity index (χ2v) is 7.14. The molecule has 0 radical (unpaired) electrons. The van der Waals surface area contributed by atoms with Gasteiger partial charge in [0, 0.05) is 0 Å². The van der Waals surface area contributed by atoms with E-state index >= 15 is 0 Å². The number of carboxylic acid groups (broad SMARTS) is 3. The molecule has 0 aromatic heterocycles. The van der Waals surface area contributed by atoms with Gasteiger partial charge in [-0.1, -0.05) is 13.8 Å². The van der Waals surface area contributed by atoms with Crippen LogP contribution in [0.4, 0.5) is 0 Å². The number of amides is 3. The summed E-state index contributed by atoms with van der Waals surface area (Å²) in [6, 6.07) is -6.23. The first-order valence-corrected chi connectivity index (χ1v) is 9.22. The van der Waals surface area contributed by atoms with Crippen LogP contribution in [0, 0.1) is 5.92 Å². The van der Waals surface area contributed by atoms with Gasteiger partial charge in [-0.05, 0) is 12.3 Å². The Kier molecular flexibility index (Phi) is 11.7. The van der Waals surface area contributed by atoms with E-state index in [-0.39, 0.29) is 12.3 Å². The van der Waals surface area contributed by atoms with Crippen molar-refractivity contribution in [3.05, 3.63) is 0 Å². The summed E-state index contributed by atoms with van der Waals surface area (Å²) in [5.41, 5.74) is 5.69. The van der Waals surface area contributed by atoms with Gasteiger partial charge in [-0.3, -0.25) is 24.0 Å². The summed E-state index contributed by atoms with van der Waals surface area (Å²) >= 11 is 0. The number of carbonyl (C=O) groups excluding carboxylic acids is 3. The van der Waals surface area contributed by atoms with Gasteiger partial charge >= 0.3 is 17.9 Å². The Hall–Kier alpha value is -3.26. The fourth-order valence-electron chi connectivity index (χ4n) is 2.39. The lowest BCUT2D eigenvalue weighted by Crippen LogP contribution is -2.58. The first-order chi connectivity index (χ1) is 14.3. The first-order valence-electron chi connectivity index (χ1n) is 9.22. The highest BCUT2D eigenvalue weighted by Gasteiger charge is 2.32. The lowest BCUT2D eigenvalue weighted by molar-refractivity contribution is -0.148. The summed E-state index contributed by atoms with van der Waals surface area (Å²) in [6.45, 7) is 2.73. The molecule has 0 saturated heterocycles. The summed E-state index contributed by atoms with van der Waals surface area (Å²) in [6.07, 6.45) is -1.68. The van der Waals surface area contributed by atoms with Crippen molar-refractivity contribution in [1.82, 2.24) is 16.0 Å². The molecule has 4 unspecified atom stereocenters. The minimum atomic E-state index is -1.87. The molecule has 0 aromatic carbocycles. The normalized spacial score (nSPS) is 14.6. The Labute approximate surface area is 177 Å². The van der Waals surface area contributed by atoms with Crippen molar-refractivity contribution in [2.24, 2.45) is 11.7 Å². The second-order valence-electron chi connectivity index (χ2n) is 7.14. The molecule has 0 aliphatic heterocycles. The highest BCUT2D eigenvalue weighted by molar-refractivity contribution is 5.96. The van der Waals surface area contributed by atoms with Crippen LogP contribution in [0.2, 0.25) is 0 Å². The van der Waals surface area contributed by atoms with Gasteiger partial charge in [0.1, 0.15) is 18.1 Å². The molecule has 31 heavy (non-hydrogen) atoms. The molecule has 9 N–H and O–H groups in total. The maximum atomic E-state index is 12.3. The third kappa shape index (κ3) is 10.9. The van der Waals surface area contributed by atoms with Crippen LogP contribution in [-0.4, -0.2) is 86.8 Å². The molecule has 0 saturated carbocycles. The molecule has 14 nitrogen and oxygen atoms in total. The fraction of sp³-hybridized carbons (Fsp3) is 0.647. The highest BCUT2D eigenvalue weighted by Crippen LogP contribution is 2.03. The number of hydrogen-bond donors (Lipinski definition) is 8. The molecule has 176 valence electrons. The van der Waals surface area contributed by atoms with Crippen molar-refractivity contribution >= 4 is 35.6 Å². The van der Waals surface area contributed by atoms with Crippen LogP contribution in [0.1, 0.15) is 33.1 Å². The number of nitrogens with one attached hydrogen (secondary N) is 3. The van der Waals surface area contributed by atoms with Gasteiger partial charge < -0.3 is 42.1 Å². The highest BCUT2D eigenvalue weighted by atomic mass is 16.4. The van der Waals surface area contributed by atoms with E-state index in [0.717, 1.165) is 0 Å². The molecular weight excluding hydrogens is 420 g/mol. The van der Waals surface area contributed by atoms with E-state index < -0.39 is 79.2 Å². The standard InChI is InChI=1S/C17H28N4O10/c1-7(2)3-8(18)14(27)21-11(6-22)16(29)19-9(4-12(23)24)15(28)20-10(17(30)31)5-13(25)26/h7-11,22H,3-6,18H2,1-2H3,(H,19,29)(H,20,28)(H,21,27)(H,23,24)(H,25,26)(H,30,31). The summed E-state index contributed by atoms with van der Waals surface area (Å²) < 4.78 is 0. The Morgan fingerprint density at radius 3 is 1.58 bits per heavy atom. The SMILES string of the molecule is CC(C)CC(N)C(=O)NC(CO)C(=O)NC(CC(=O)O)C(=O)NC(CC(=O)O)C(=O)O. The lowest BCUT2D eigenvalue weighted by Gasteiger charge is -2.23. The summed E-state index contributed by atoms with van der Waals surface area (Å²) in [5.74, 6) is -7.84. The molecule has 14 heteroatoms. The van der Waals surface area contributed by atoms with Crippen molar-refractivity contribution in [2.75, 3.05) is 6.61 Å². The van der Waals surface area contributed by atoms with Crippen molar-refractivity contribution in [2.45, 2.75) is 57.3 Å². The van der Waals surface area contributed by atoms with E-state index in [1.54, 1.807) is 0 Å². The van der Waals surface area contributed by atoms with Crippen LogP contribution >= 0.6 is 0 Å². The van der Waals surface area contributed by atoms with Gasteiger partial charge in [-0.15, -0.1) is 0 Å². The van der Waals surface area contributed by atoms with Crippen molar-refractivity contribution in [1.29, 1.82) is 0 Å². The van der Waals surface area contributed by atoms with Gasteiger partial charge in [-0.2, -0.15) is 0 Å². The predicted molar refractivity (Wildman–Crippen MR) is 102 cm³/mol. The Bertz CT molecular complexity index is 696. The second kappa shape index (κ2) is 13.1. The number of rotatable bonds is 14. The van der Waals surface area contributed by atoms with Gasteiger partial charge in [0.05, 0.1) is 25.5 Å². The third-order valence-corrected chi connectivity index (χ3v) is 3.88. The van der Waals surface area contributed by atoms with E-state index in [4.69, 9.17) is 21.1 Å². The van der Waals surface area contributed by atoms with Gasteiger partial charge in [-0.25, -0.2) is 4.79 Å². The number of carbonyl (C=O) groups is 6. The zero-order valence-corrected chi connectivity index (χ0v) is 17.0. The van der Waals surface area contributed by atoms with E-state index in [1.165, 1.54) is 0 Å². The van der Waals surface area contributed by atoms with Crippen molar-refractivity contribution < 1.29 is 49.2 Å². The fourth-order valence-corrected chi connectivity index (χ4v) is 2.39.